The van der Waals surface area contributed by atoms with Gasteiger partial charge in [0.2, 0.25) is 0 Å². The van der Waals surface area contributed by atoms with E-state index in [4.69, 9.17) is 17.0 Å². The highest BCUT2D eigenvalue weighted by molar-refractivity contribution is 9.10. The highest BCUT2D eigenvalue weighted by Gasteiger charge is 2.12. The maximum Gasteiger partial charge on any atom is 0.271 e. The fraction of sp³-hybridized carbons (Fsp3) is 0.263. The topological polar surface area (TPSA) is 93.5 Å². The van der Waals surface area contributed by atoms with Gasteiger partial charge in [-0.25, -0.2) is 0 Å². The van der Waals surface area contributed by atoms with Crippen molar-refractivity contribution in [3.05, 3.63) is 62.6 Å². The summed E-state index contributed by atoms with van der Waals surface area (Å²) >= 11 is 8.52. The van der Waals surface area contributed by atoms with Gasteiger partial charge in [-0.2, -0.15) is 0 Å². The molecular formula is C19H20BrN3O4S. The first-order chi connectivity index (χ1) is 13.3. The summed E-state index contributed by atoms with van der Waals surface area (Å²) in [7, 11) is 0. The summed E-state index contributed by atoms with van der Waals surface area (Å²) in [6.07, 6.45) is 0.937. The number of amides is 1. The van der Waals surface area contributed by atoms with Gasteiger partial charge in [0.1, 0.15) is 5.75 Å². The highest BCUT2D eigenvalue weighted by atomic mass is 79.9. The lowest BCUT2D eigenvalue weighted by atomic mass is 10.1. The van der Waals surface area contributed by atoms with Crippen molar-refractivity contribution in [3.63, 3.8) is 0 Å². The number of non-ortho nitro benzene ring substituents is 1. The van der Waals surface area contributed by atoms with E-state index < -0.39 is 10.8 Å². The standard InChI is InChI=1S/C19H20BrN3O4S/c1-12(2)8-9-27-17-7-6-13(10-16(17)20)18(24)22-19(28)21-14-4-3-5-15(11-14)23(25)26/h3-7,10-12H,8-9H2,1-2H3,(H2,21,22,24,28). The molecule has 2 N–H and O–H groups in total. The summed E-state index contributed by atoms with van der Waals surface area (Å²) in [4.78, 5) is 22.7. The van der Waals surface area contributed by atoms with Crippen LogP contribution >= 0.6 is 28.1 Å². The first-order valence-electron chi connectivity index (χ1n) is 8.55. The normalized spacial score (nSPS) is 10.4. The van der Waals surface area contributed by atoms with Crippen molar-refractivity contribution < 1.29 is 14.5 Å². The molecule has 0 aliphatic carbocycles. The number of nitrogens with one attached hydrogen (secondary N) is 2. The van der Waals surface area contributed by atoms with Crippen LogP contribution in [0.2, 0.25) is 0 Å². The maximum atomic E-state index is 12.4. The number of thiocarbonyl (C=S) groups is 1. The van der Waals surface area contributed by atoms with Crippen molar-refractivity contribution >= 4 is 50.5 Å². The predicted molar refractivity (Wildman–Crippen MR) is 116 cm³/mol. The molecule has 0 aliphatic heterocycles. The zero-order valence-corrected chi connectivity index (χ0v) is 17.8. The molecule has 1 amide bonds. The Hall–Kier alpha value is -2.52. The van der Waals surface area contributed by atoms with Gasteiger partial charge in [0, 0.05) is 23.4 Å². The summed E-state index contributed by atoms with van der Waals surface area (Å²) in [5.41, 5.74) is 0.733. The molecule has 2 aromatic carbocycles. The van der Waals surface area contributed by atoms with E-state index in [-0.39, 0.29) is 10.8 Å². The molecule has 0 unspecified atom stereocenters. The van der Waals surface area contributed by atoms with E-state index in [1.165, 1.54) is 18.2 Å². The Balaban J connectivity index is 1.96. The third kappa shape index (κ3) is 6.58. The lowest BCUT2D eigenvalue weighted by Gasteiger charge is -2.12. The van der Waals surface area contributed by atoms with Gasteiger partial charge in [-0.15, -0.1) is 0 Å². The smallest absolute Gasteiger partial charge is 0.271 e. The van der Waals surface area contributed by atoms with Crippen LogP contribution in [0, 0.1) is 16.0 Å². The van der Waals surface area contributed by atoms with Crippen molar-refractivity contribution in [2.75, 3.05) is 11.9 Å². The number of rotatable bonds is 7. The van der Waals surface area contributed by atoms with Gasteiger partial charge in [0.05, 0.1) is 16.0 Å². The minimum absolute atomic E-state index is 0.0406. The number of ether oxygens (including phenoxy) is 1. The Morgan fingerprint density at radius 1 is 1.29 bits per heavy atom. The third-order valence-corrected chi connectivity index (χ3v) is 4.51. The van der Waals surface area contributed by atoms with Crippen LogP contribution in [-0.4, -0.2) is 22.5 Å². The van der Waals surface area contributed by atoms with Crippen molar-refractivity contribution in [2.24, 2.45) is 5.92 Å². The summed E-state index contributed by atoms with van der Waals surface area (Å²) < 4.78 is 6.37. The molecule has 0 aliphatic rings. The number of carbonyl (C=O) groups excluding carboxylic acids is 1. The van der Waals surface area contributed by atoms with Gasteiger partial charge in [0.15, 0.2) is 5.11 Å². The van der Waals surface area contributed by atoms with E-state index in [1.54, 1.807) is 24.3 Å². The minimum atomic E-state index is -0.505. The molecule has 0 atom stereocenters. The van der Waals surface area contributed by atoms with Gasteiger partial charge < -0.3 is 10.1 Å². The number of anilines is 1. The molecule has 0 fully saturated rings. The quantitative estimate of drug-likeness (QED) is 0.342. The lowest BCUT2D eigenvalue weighted by Crippen LogP contribution is -2.34. The number of nitrogens with zero attached hydrogens (tertiary/aromatic N) is 1. The van der Waals surface area contributed by atoms with Crippen LogP contribution in [0.4, 0.5) is 11.4 Å². The molecule has 0 saturated carbocycles. The average Bonchev–Trinajstić information content (AvgIpc) is 2.62. The highest BCUT2D eigenvalue weighted by Crippen LogP contribution is 2.26. The fourth-order valence-electron chi connectivity index (χ4n) is 2.20. The number of halogens is 1. The largest absolute Gasteiger partial charge is 0.492 e. The van der Waals surface area contributed by atoms with Crippen molar-refractivity contribution in [1.82, 2.24) is 5.32 Å². The molecule has 0 aromatic heterocycles. The molecule has 148 valence electrons. The molecule has 28 heavy (non-hydrogen) atoms. The molecule has 9 heteroatoms. The molecule has 7 nitrogen and oxygen atoms in total. The fourth-order valence-corrected chi connectivity index (χ4v) is 2.90. The Kier molecular flexibility index (Phi) is 7.89. The van der Waals surface area contributed by atoms with E-state index in [1.807, 2.05) is 0 Å². The van der Waals surface area contributed by atoms with Crippen LogP contribution in [0.15, 0.2) is 46.9 Å². The van der Waals surface area contributed by atoms with Crippen LogP contribution in [0.25, 0.3) is 0 Å². The second-order valence-corrected chi connectivity index (χ2v) is 7.65. The third-order valence-electron chi connectivity index (χ3n) is 3.69. The van der Waals surface area contributed by atoms with Crippen LogP contribution in [-0.2, 0) is 0 Å². The lowest BCUT2D eigenvalue weighted by molar-refractivity contribution is -0.384. The van der Waals surface area contributed by atoms with Gasteiger partial charge in [-0.3, -0.25) is 20.2 Å². The monoisotopic (exact) mass is 465 g/mol. The molecule has 2 aromatic rings. The number of carbonyl (C=O) groups is 1. The van der Waals surface area contributed by atoms with Gasteiger partial charge in [-0.05, 0) is 64.8 Å². The molecule has 0 radical (unpaired) electrons. The number of hydrogen-bond acceptors (Lipinski definition) is 5. The van der Waals surface area contributed by atoms with E-state index in [0.29, 0.717) is 34.0 Å². The number of hydrogen-bond donors (Lipinski definition) is 2. The minimum Gasteiger partial charge on any atom is -0.492 e. The SMILES string of the molecule is CC(C)CCOc1ccc(C(=O)NC(=S)Nc2cccc([N+](=O)[O-])c2)cc1Br. The predicted octanol–water partition coefficient (Wildman–Crippen LogP) is 4.91. The van der Waals surface area contributed by atoms with Crippen LogP contribution in [0.5, 0.6) is 5.75 Å². The van der Waals surface area contributed by atoms with E-state index in [2.05, 4.69) is 40.4 Å². The number of nitro groups is 1. The molecular weight excluding hydrogens is 446 g/mol. The summed E-state index contributed by atoms with van der Waals surface area (Å²) in [5, 5.41) is 16.2. The zero-order chi connectivity index (χ0) is 20.7. The van der Waals surface area contributed by atoms with Crippen molar-refractivity contribution in [2.45, 2.75) is 20.3 Å². The zero-order valence-electron chi connectivity index (χ0n) is 15.4. The second-order valence-electron chi connectivity index (χ2n) is 6.39. The van der Waals surface area contributed by atoms with Gasteiger partial charge >= 0.3 is 0 Å². The summed E-state index contributed by atoms with van der Waals surface area (Å²) in [6, 6.07) is 10.9. The molecule has 0 saturated heterocycles. The number of nitro benzene ring substituents is 1. The maximum absolute atomic E-state index is 12.4. The Morgan fingerprint density at radius 2 is 2.04 bits per heavy atom. The van der Waals surface area contributed by atoms with E-state index in [9.17, 15) is 14.9 Å². The van der Waals surface area contributed by atoms with Crippen LogP contribution in [0.3, 0.4) is 0 Å². The van der Waals surface area contributed by atoms with E-state index >= 15 is 0 Å². The second kappa shape index (κ2) is 10.1. The average molecular weight is 466 g/mol. The summed E-state index contributed by atoms with van der Waals surface area (Å²) in [5.74, 6) is 0.801. The molecule has 0 heterocycles. The molecule has 0 spiro atoms. The Morgan fingerprint density at radius 3 is 2.68 bits per heavy atom. The first kappa shape index (κ1) is 21.8. The molecule has 0 bridgehead atoms. The van der Waals surface area contributed by atoms with Crippen LogP contribution < -0.4 is 15.4 Å². The Bertz CT molecular complexity index is 889. The van der Waals surface area contributed by atoms with Crippen LogP contribution in [0.1, 0.15) is 30.6 Å². The van der Waals surface area contributed by atoms with E-state index in [0.717, 1.165) is 6.42 Å². The first-order valence-corrected chi connectivity index (χ1v) is 9.75. The van der Waals surface area contributed by atoms with Gasteiger partial charge in [-0.1, -0.05) is 19.9 Å². The van der Waals surface area contributed by atoms with Crippen molar-refractivity contribution in [1.29, 1.82) is 0 Å². The van der Waals surface area contributed by atoms with Crippen molar-refractivity contribution in [3.8, 4) is 5.75 Å². The summed E-state index contributed by atoms with van der Waals surface area (Å²) in [6.45, 7) is 4.84. The number of benzene rings is 2. The molecule has 2 rings (SSSR count). The Labute approximate surface area is 176 Å². The van der Waals surface area contributed by atoms with Gasteiger partial charge in [0.25, 0.3) is 11.6 Å².